The lowest BCUT2D eigenvalue weighted by molar-refractivity contribution is 0.0948. The number of hydrogen-bond acceptors (Lipinski definition) is 4. The van der Waals surface area contributed by atoms with E-state index in [1.807, 2.05) is 18.2 Å². The molecule has 0 aliphatic carbocycles. The molecule has 2 aromatic rings. The Balaban J connectivity index is 1.51. The van der Waals surface area contributed by atoms with E-state index in [-0.39, 0.29) is 5.91 Å². The molecule has 1 aromatic carbocycles. The number of halogens is 1. The van der Waals surface area contributed by atoms with Gasteiger partial charge in [-0.05, 0) is 56.5 Å². The van der Waals surface area contributed by atoms with Crippen LogP contribution < -0.4 is 15.1 Å². The third-order valence-electron chi connectivity index (χ3n) is 5.11. The second-order valence-corrected chi connectivity index (χ2v) is 7.78. The van der Waals surface area contributed by atoms with Gasteiger partial charge in [0.25, 0.3) is 5.91 Å². The summed E-state index contributed by atoms with van der Waals surface area (Å²) in [4.78, 5) is 21.4. The molecule has 0 saturated carbocycles. The number of rotatable bonds is 7. The first-order valence-corrected chi connectivity index (χ1v) is 10.4. The van der Waals surface area contributed by atoms with Crippen LogP contribution in [0.25, 0.3) is 0 Å². The summed E-state index contributed by atoms with van der Waals surface area (Å²) in [6.07, 6.45) is 2.76. The fraction of sp³-hybridized carbons (Fsp3) is 0.429. The van der Waals surface area contributed by atoms with Gasteiger partial charge in [-0.25, -0.2) is 4.98 Å². The van der Waals surface area contributed by atoms with Crippen LogP contribution in [0.1, 0.15) is 30.6 Å². The molecule has 1 fully saturated rings. The van der Waals surface area contributed by atoms with Crippen molar-refractivity contribution in [3.05, 3.63) is 52.6 Å². The molecule has 3 rings (SSSR count). The maximum atomic E-state index is 12.4. The molecular weight excluding hydrogens is 404 g/mol. The second-order valence-electron chi connectivity index (χ2n) is 6.87. The average Bonchev–Trinajstić information content (AvgIpc) is 3.17. The van der Waals surface area contributed by atoms with Crippen LogP contribution >= 0.6 is 15.9 Å². The maximum absolute atomic E-state index is 12.4. The van der Waals surface area contributed by atoms with E-state index in [0.29, 0.717) is 18.0 Å². The lowest BCUT2D eigenvalue weighted by atomic mass is 10.1. The summed E-state index contributed by atoms with van der Waals surface area (Å²) in [6, 6.07) is 12.2. The minimum absolute atomic E-state index is 0.0468. The van der Waals surface area contributed by atoms with E-state index in [1.165, 1.54) is 5.69 Å². The Morgan fingerprint density at radius 2 is 2.11 bits per heavy atom. The van der Waals surface area contributed by atoms with Crippen LogP contribution in [-0.4, -0.2) is 43.6 Å². The molecule has 1 atom stereocenters. The minimum Gasteiger partial charge on any atom is -0.371 e. The summed E-state index contributed by atoms with van der Waals surface area (Å²) in [6.45, 7) is 8.71. The molecule has 1 aliphatic rings. The molecule has 1 saturated heterocycles. The zero-order valence-electron chi connectivity index (χ0n) is 16.0. The second kappa shape index (κ2) is 9.22. The third-order valence-corrected chi connectivity index (χ3v) is 5.60. The molecule has 0 spiro atoms. The molecule has 1 N–H and O–H groups in total. The first-order chi connectivity index (χ1) is 13.1. The minimum atomic E-state index is -0.0468. The van der Waals surface area contributed by atoms with E-state index in [2.05, 4.69) is 68.1 Å². The lowest BCUT2D eigenvalue weighted by Gasteiger charge is -2.20. The highest BCUT2D eigenvalue weighted by Gasteiger charge is 2.23. The van der Waals surface area contributed by atoms with E-state index in [4.69, 9.17) is 0 Å². The molecule has 2 heterocycles. The van der Waals surface area contributed by atoms with Crippen molar-refractivity contribution in [1.29, 1.82) is 0 Å². The number of nitrogens with one attached hydrogen (secondary N) is 1. The summed E-state index contributed by atoms with van der Waals surface area (Å²) in [5, 5.41) is 3.07. The van der Waals surface area contributed by atoms with Gasteiger partial charge >= 0.3 is 0 Å². The number of benzene rings is 1. The molecule has 144 valence electrons. The van der Waals surface area contributed by atoms with E-state index < -0.39 is 0 Å². The highest BCUT2D eigenvalue weighted by atomic mass is 79.9. The van der Waals surface area contributed by atoms with Crippen molar-refractivity contribution in [2.45, 2.75) is 20.3 Å². The number of amides is 1. The van der Waals surface area contributed by atoms with Crippen LogP contribution in [-0.2, 0) is 0 Å². The fourth-order valence-corrected chi connectivity index (χ4v) is 3.89. The summed E-state index contributed by atoms with van der Waals surface area (Å²) in [5.74, 6) is 1.34. The quantitative estimate of drug-likeness (QED) is 0.722. The normalized spacial score (nSPS) is 16.4. The summed E-state index contributed by atoms with van der Waals surface area (Å²) in [7, 11) is 0. The SMILES string of the molecule is CCN(CC)c1ccc(C(=O)NCC2CCN(c3cccc(Br)c3)C2)cn1. The van der Waals surface area contributed by atoms with E-state index in [0.717, 1.165) is 42.9 Å². The topological polar surface area (TPSA) is 48.5 Å². The van der Waals surface area contributed by atoms with Gasteiger partial charge in [0.15, 0.2) is 0 Å². The monoisotopic (exact) mass is 430 g/mol. The molecule has 1 unspecified atom stereocenters. The maximum Gasteiger partial charge on any atom is 0.252 e. The predicted octanol–water partition coefficient (Wildman–Crippen LogP) is 3.95. The number of carbonyl (C=O) groups is 1. The molecular formula is C21H27BrN4O. The first kappa shape index (κ1) is 19.7. The van der Waals surface area contributed by atoms with Crippen molar-refractivity contribution in [2.75, 3.05) is 42.5 Å². The van der Waals surface area contributed by atoms with Crippen LogP contribution in [0.3, 0.4) is 0 Å². The number of nitrogens with zero attached hydrogens (tertiary/aromatic N) is 3. The van der Waals surface area contributed by atoms with Gasteiger partial charge in [0, 0.05) is 49.1 Å². The van der Waals surface area contributed by atoms with Gasteiger partial charge in [0.05, 0.1) is 5.56 Å². The molecule has 0 bridgehead atoms. The fourth-order valence-electron chi connectivity index (χ4n) is 3.50. The van der Waals surface area contributed by atoms with E-state index >= 15 is 0 Å². The Labute approximate surface area is 169 Å². The van der Waals surface area contributed by atoms with Gasteiger partial charge in [-0.1, -0.05) is 22.0 Å². The van der Waals surface area contributed by atoms with Crippen molar-refractivity contribution in [3.63, 3.8) is 0 Å². The number of carbonyl (C=O) groups excluding carboxylic acids is 1. The summed E-state index contributed by atoms with van der Waals surface area (Å²) in [5.41, 5.74) is 1.85. The van der Waals surface area contributed by atoms with Crippen molar-refractivity contribution in [1.82, 2.24) is 10.3 Å². The summed E-state index contributed by atoms with van der Waals surface area (Å²) >= 11 is 3.53. The third kappa shape index (κ3) is 5.01. The van der Waals surface area contributed by atoms with Gasteiger partial charge in [-0.2, -0.15) is 0 Å². The molecule has 5 nitrogen and oxygen atoms in total. The van der Waals surface area contributed by atoms with Gasteiger partial charge in [-0.15, -0.1) is 0 Å². The molecule has 1 aliphatic heterocycles. The van der Waals surface area contributed by atoms with Crippen molar-refractivity contribution in [2.24, 2.45) is 5.92 Å². The molecule has 1 amide bonds. The van der Waals surface area contributed by atoms with Gasteiger partial charge in [0.1, 0.15) is 5.82 Å². The molecule has 0 radical (unpaired) electrons. The van der Waals surface area contributed by atoms with E-state index in [9.17, 15) is 4.79 Å². The Kier molecular flexibility index (Phi) is 6.72. The molecule has 27 heavy (non-hydrogen) atoms. The Morgan fingerprint density at radius 1 is 1.30 bits per heavy atom. The van der Waals surface area contributed by atoms with Gasteiger partial charge in [0.2, 0.25) is 0 Å². The van der Waals surface area contributed by atoms with Crippen LogP contribution in [0.4, 0.5) is 11.5 Å². The van der Waals surface area contributed by atoms with Gasteiger partial charge in [-0.3, -0.25) is 4.79 Å². The van der Waals surface area contributed by atoms with Crippen molar-refractivity contribution < 1.29 is 4.79 Å². The lowest BCUT2D eigenvalue weighted by Crippen LogP contribution is -2.31. The average molecular weight is 431 g/mol. The highest BCUT2D eigenvalue weighted by molar-refractivity contribution is 9.10. The van der Waals surface area contributed by atoms with Crippen molar-refractivity contribution >= 4 is 33.3 Å². The highest BCUT2D eigenvalue weighted by Crippen LogP contribution is 2.26. The molecule has 1 aromatic heterocycles. The smallest absolute Gasteiger partial charge is 0.252 e. The van der Waals surface area contributed by atoms with Crippen LogP contribution in [0.5, 0.6) is 0 Å². The first-order valence-electron chi connectivity index (χ1n) is 9.60. The Hall–Kier alpha value is -2.08. The Morgan fingerprint density at radius 3 is 2.78 bits per heavy atom. The Bertz CT molecular complexity index is 761. The number of anilines is 2. The summed E-state index contributed by atoms with van der Waals surface area (Å²) < 4.78 is 1.09. The van der Waals surface area contributed by atoms with Crippen molar-refractivity contribution in [3.8, 4) is 0 Å². The zero-order chi connectivity index (χ0) is 19.2. The largest absolute Gasteiger partial charge is 0.371 e. The number of pyridine rings is 1. The number of aromatic nitrogens is 1. The van der Waals surface area contributed by atoms with Crippen LogP contribution in [0.15, 0.2) is 47.1 Å². The van der Waals surface area contributed by atoms with Crippen LogP contribution in [0.2, 0.25) is 0 Å². The van der Waals surface area contributed by atoms with E-state index in [1.54, 1.807) is 6.20 Å². The standard InChI is InChI=1S/C21H27BrN4O/c1-3-25(4-2)20-9-8-17(14-23-20)21(27)24-13-16-10-11-26(15-16)19-7-5-6-18(22)12-19/h5-9,12,14,16H,3-4,10-11,13,15H2,1-2H3,(H,24,27). The number of hydrogen-bond donors (Lipinski definition) is 1. The predicted molar refractivity (Wildman–Crippen MR) is 115 cm³/mol. The van der Waals surface area contributed by atoms with Crippen LogP contribution in [0, 0.1) is 5.92 Å². The molecule has 6 heteroatoms. The zero-order valence-corrected chi connectivity index (χ0v) is 17.6. The van der Waals surface area contributed by atoms with Gasteiger partial charge < -0.3 is 15.1 Å².